The van der Waals surface area contributed by atoms with Crippen LogP contribution in [0.2, 0.25) is 0 Å². The van der Waals surface area contributed by atoms with Crippen LogP contribution < -0.4 is 15.4 Å². The first-order chi connectivity index (χ1) is 16.6. The molecule has 0 aliphatic carbocycles. The van der Waals surface area contributed by atoms with Crippen molar-refractivity contribution in [3.63, 3.8) is 0 Å². The molecule has 34 heavy (non-hydrogen) atoms. The predicted octanol–water partition coefficient (Wildman–Crippen LogP) is 4.28. The zero-order valence-corrected chi connectivity index (χ0v) is 20.0. The zero-order chi connectivity index (χ0) is 23.8. The van der Waals surface area contributed by atoms with E-state index in [1.165, 1.54) is 24.8 Å². The lowest BCUT2D eigenvalue weighted by molar-refractivity contribution is -0.126. The fourth-order valence-electron chi connectivity index (χ4n) is 4.96. The molecule has 3 amide bonds. The Morgan fingerprint density at radius 3 is 2.41 bits per heavy atom. The third-order valence-electron chi connectivity index (χ3n) is 6.91. The van der Waals surface area contributed by atoms with Gasteiger partial charge in [-0.15, -0.1) is 0 Å². The molecule has 0 spiro atoms. The number of likely N-dealkylation sites (tertiary alicyclic amines) is 2. The van der Waals surface area contributed by atoms with E-state index in [0.29, 0.717) is 19.6 Å². The first kappa shape index (κ1) is 24.1. The predicted molar refractivity (Wildman–Crippen MR) is 134 cm³/mol. The number of nitrogens with zero attached hydrogens (tertiary/aromatic N) is 2. The van der Waals surface area contributed by atoms with Crippen molar-refractivity contribution >= 4 is 17.6 Å². The van der Waals surface area contributed by atoms with Crippen LogP contribution in [-0.2, 0) is 4.79 Å². The number of urea groups is 1. The van der Waals surface area contributed by atoms with Crippen molar-refractivity contribution in [1.82, 2.24) is 15.1 Å². The average molecular weight is 465 g/mol. The summed E-state index contributed by atoms with van der Waals surface area (Å²) in [5.41, 5.74) is 1.96. The summed E-state index contributed by atoms with van der Waals surface area (Å²) in [6.45, 7) is 3.77. The highest BCUT2D eigenvalue weighted by atomic mass is 16.5. The maximum Gasteiger partial charge on any atom is 0.321 e. The largest absolute Gasteiger partial charge is 0.497 e. The van der Waals surface area contributed by atoms with Gasteiger partial charge in [0.05, 0.1) is 19.1 Å². The van der Waals surface area contributed by atoms with Crippen molar-refractivity contribution in [2.24, 2.45) is 5.92 Å². The van der Waals surface area contributed by atoms with Gasteiger partial charge >= 0.3 is 6.03 Å². The number of carbonyl (C=O) groups is 2. The van der Waals surface area contributed by atoms with Crippen LogP contribution in [0, 0.1) is 5.92 Å². The van der Waals surface area contributed by atoms with Gasteiger partial charge in [0, 0.05) is 25.3 Å². The van der Waals surface area contributed by atoms with Crippen LogP contribution in [0.5, 0.6) is 5.75 Å². The van der Waals surface area contributed by atoms with Gasteiger partial charge in [0.1, 0.15) is 5.75 Å². The molecular weight excluding hydrogens is 428 g/mol. The standard InChI is InChI=1S/C27H36N4O3/c1-34-24-14-12-21(13-15-24)25(30-16-6-3-7-17-30)19-28-26(32)22-9-8-18-31(20-22)27(33)29-23-10-4-2-5-11-23/h2,4-5,10-15,22,25H,3,6-9,16-20H2,1H3,(H,28,32)(H,29,33)/t22-,25-/m1/s1. The van der Waals surface area contributed by atoms with Crippen LogP contribution in [-0.4, -0.2) is 61.6 Å². The Morgan fingerprint density at radius 2 is 1.71 bits per heavy atom. The van der Waals surface area contributed by atoms with E-state index >= 15 is 0 Å². The van der Waals surface area contributed by atoms with Crippen LogP contribution >= 0.6 is 0 Å². The second kappa shape index (κ2) is 11.9. The summed E-state index contributed by atoms with van der Waals surface area (Å²) in [6, 6.07) is 17.6. The molecule has 0 bridgehead atoms. The lowest BCUT2D eigenvalue weighted by atomic mass is 9.96. The molecule has 182 valence electrons. The van der Waals surface area contributed by atoms with E-state index < -0.39 is 0 Å². The van der Waals surface area contributed by atoms with Gasteiger partial charge < -0.3 is 20.3 Å². The normalized spacial score (nSPS) is 19.8. The maximum atomic E-state index is 13.1. The van der Waals surface area contributed by atoms with Gasteiger partial charge in [0.25, 0.3) is 0 Å². The second-order valence-corrected chi connectivity index (χ2v) is 9.21. The number of para-hydroxylation sites is 1. The van der Waals surface area contributed by atoms with Gasteiger partial charge in [-0.05, 0) is 68.6 Å². The molecule has 0 radical (unpaired) electrons. The van der Waals surface area contributed by atoms with Crippen molar-refractivity contribution in [2.45, 2.75) is 38.1 Å². The summed E-state index contributed by atoms with van der Waals surface area (Å²) in [5.74, 6) is 0.683. The molecule has 2 aliphatic heterocycles. The highest BCUT2D eigenvalue weighted by molar-refractivity contribution is 5.90. The smallest absolute Gasteiger partial charge is 0.321 e. The Bertz CT molecular complexity index is 929. The number of ether oxygens (including phenoxy) is 1. The molecule has 2 aromatic rings. The number of methoxy groups -OCH3 is 1. The Morgan fingerprint density at radius 1 is 0.971 bits per heavy atom. The molecule has 2 heterocycles. The van der Waals surface area contributed by atoms with E-state index in [2.05, 4.69) is 27.7 Å². The summed E-state index contributed by atoms with van der Waals surface area (Å²) in [5, 5.41) is 6.15. The fourth-order valence-corrected chi connectivity index (χ4v) is 4.96. The number of piperidine rings is 2. The highest BCUT2D eigenvalue weighted by Crippen LogP contribution is 2.26. The van der Waals surface area contributed by atoms with Gasteiger partial charge in [-0.1, -0.05) is 36.8 Å². The number of amides is 3. The summed E-state index contributed by atoms with van der Waals surface area (Å²) in [4.78, 5) is 30.1. The molecule has 7 nitrogen and oxygen atoms in total. The molecule has 2 fully saturated rings. The maximum absolute atomic E-state index is 13.1. The van der Waals surface area contributed by atoms with Crippen molar-refractivity contribution in [1.29, 1.82) is 0 Å². The minimum Gasteiger partial charge on any atom is -0.497 e. The van der Waals surface area contributed by atoms with Crippen molar-refractivity contribution in [3.05, 3.63) is 60.2 Å². The Labute approximate surface area is 202 Å². The third-order valence-corrected chi connectivity index (χ3v) is 6.91. The summed E-state index contributed by atoms with van der Waals surface area (Å²) >= 11 is 0. The van der Waals surface area contributed by atoms with Gasteiger partial charge in [-0.2, -0.15) is 0 Å². The number of benzene rings is 2. The van der Waals surface area contributed by atoms with Crippen LogP contribution in [0.15, 0.2) is 54.6 Å². The van der Waals surface area contributed by atoms with Crippen LogP contribution in [0.25, 0.3) is 0 Å². The summed E-state index contributed by atoms with van der Waals surface area (Å²) in [7, 11) is 1.67. The summed E-state index contributed by atoms with van der Waals surface area (Å²) < 4.78 is 5.32. The van der Waals surface area contributed by atoms with E-state index in [9.17, 15) is 9.59 Å². The Balaban J connectivity index is 1.36. The number of rotatable bonds is 7. The topological polar surface area (TPSA) is 73.9 Å². The van der Waals surface area contributed by atoms with Crippen LogP contribution in [0.4, 0.5) is 10.5 Å². The first-order valence-electron chi connectivity index (χ1n) is 12.4. The van der Waals surface area contributed by atoms with Gasteiger partial charge in [0.2, 0.25) is 5.91 Å². The van der Waals surface area contributed by atoms with Crippen molar-refractivity contribution < 1.29 is 14.3 Å². The number of carbonyl (C=O) groups excluding carboxylic acids is 2. The molecule has 0 unspecified atom stereocenters. The molecule has 7 heteroatoms. The van der Waals surface area contributed by atoms with E-state index in [-0.39, 0.29) is 23.9 Å². The second-order valence-electron chi connectivity index (χ2n) is 9.21. The molecule has 0 saturated carbocycles. The first-order valence-corrected chi connectivity index (χ1v) is 12.4. The quantitative estimate of drug-likeness (QED) is 0.641. The number of hydrogen-bond acceptors (Lipinski definition) is 4. The molecular formula is C27H36N4O3. The molecule has 2 saturated heterocycles. The van der Waals surface area contributed by atoms with E-state index in [1.807, 2.05) is 42.5 Å². The lowest BCUT2D eigenvalue weighted by Gasteiger charge is -2.36. The number of anilines is 1. The lowest BCUT2D eigenvalue weighted by Crippen LogP contribution is -2.48. The summed E-state index contributed by atoms with van der Waals surface area (Å²) in [6.07, 6.45) is 5.27. The van der Waals surface area contributed by atoms with Gasteiger partial charge in [-0.25, -0.2) is 4.79 Å². The Kier molecular flexibility index (Phi) is 8.41. The van der Waals surface area contributed by atoms with E-state index in [0.717, 1.165) is 37.4 Å². The zero-order valence-electron chi connectivity index (χ0n) is 20.0. The average Bonchev–Trinajstić information content (AvgIpc) is 2.90. The van der Waals surface area contributed by atoms with Crippen molar-refractivity contribution in [3.8, 4) is 5.75 Å². The SMILES string of the molecule is COc1ccc([C@@H](CNC(=O)[C@@H]2CCCN(C(=O)Nc3ccccc3)C2)N2CCCCC2)cc1. The molecule has 0 aromatic heterocycles. The Hall–Kier alpha value is -3.06. The molecule has 2 aromatic carbocycles. The minimum absolute atomic E-state index is 0.0349. The van der Waals surface area contributed by atoms with E-state index in [4.69, 9.17) is 4.74 Å². The molecule has 2 aliphatic rings. The molecule has 4 rings (SSSR count). The minimum atomic E-state index is -0.187. The van der Waals surface area contributed by atoms with Crippen LogP contribution in [0.1, 0.15) is 43.7 Å². The van der Waals surface area contributed by atoms with Crippen LogP contribution in [0.3, 0.4) is 0 Å². The van der Waals surface area contributed by atoms with Gasteiger partial charge in [0.15, 0.2) is 0 Å². The highest BCUT2D eigenvalue weighted by Gasteiger charge is 2.30. The van der Waals surface area contributed by atoms with Gasteiger partial charge in [-0.3, -0.25) is 9.69 Å². The van der Waals surface area contributed by atoms with E-state index in [1.54, 1.807) is 12.0 Å². The van der Waals surface area contributed by atoms with Crippen molar-refractivity contribution in [2.75, 3.05) is 45.2 Å². The number of nitrogens with one attached hydrogen (secondary N) is 2. The monoisotopic (exact) mass is 464 g/mol. The fraction of sp³-hybridized carbons (Fsp3) is 0.481. The number of hydrogen-bond donors (Lipinski definition) is 2. The molecule has 2 N–H and O–H groups in total. The third kappa shape index (κ3) is 6.29. The molecule has 2 atom stereocenters.